The Hall–Kier alpha value is -0.820. The van der Waals surface area contributed by atoms with Gasteiger partial charge < -0.3 is 5.73 Å². The lowest BCUT2D eigenvalue weighted by Crippen LogP contribution is -2.32. The van der Waals surface area contributed by atoms with Crippen LogP contribution < -0.4 is 5.73 Å². The van der Waals surface area contributed by atoms with E-state index in [1.165, 1.54) is 55.2 Å². The van der Waals surface area contributed by atoms with Crippen LogP contribution in [0.5, 0.6) is 0 Å². The molecule has 1 saturated carbocycles. The Labute approximate surface area is 131 Å². The topological polar surface area (TPSA) is 26.0 Å². The Kier molecular flexibility index (Phi) is 5.87. The summed E-state index contributed by atoms with van der Waals surface area (Å²) in [4.78, 5) is 0. The van der Waals surface area contributed by atoms with Crippen molar-refractivity contribution in [2.45, 2.75) is 66.2 Å². The van der Waals surface area contributed by atoms with Crippen LogP contribution in [0.25, 0.3) is 0 Å². The minimum absolute atomic E-state index is 0.734. The highest BCUT2D eigenvalue weighted by atomic mass is 14.6. The molecule has 0 heterocycles. The van der Waals surface area contributed by atoms with E-state index in [4.69, 9.17) is 5.73 Å². The van der Waals surface area contributed by atoms with Crippen LogP contribution in [0, 0.1) is 38.5 Å². The van der Waals surface area contributed by atoms with Gasteiger partial charge in [0.25, 0.3) is 0 Å². The van der Waals surface area contributed by atoms with Gasteiger partial charge in [-0.25, -0.2) is 0 Å². The predicted octanol–water partition coefficient (Wildman–Crippen LogP) is 4.95. The van der Waals surface area contributed by atoms with E-state index in [1.807, 2.05) is 0 Å². The van der Waals surface area contributed by atoms with Crippen molar-refractivity contribution in [1.29, 1.82) is 0 Å². The maximum absolute atomic E-state index is 6.07. The molecule has 0 saturated heterocycles. The molecule has 3 unspecified atom stereocenters. The quantitative estimate of drug-likeness (QED) is 0.815. The van der Waals surface area contributed by atoms with Gasteiger partial charge in [0, 0.05) is 0 Å². The van der Waals surface area contributed by atoms with Gasteiger partial charge in [-0.15, -0.1) is 0 Å². The van der Waals surface area contributed by atoms with E-state index in [0.29, 0.717) is 0 Å². The second-order valence-electron chi connectivity index (χ2n) is 7.31. The predicted molar refractivity (Wildman–Crippen MR) is 92.6 cm³/mol. The van der Waals surface area contributed by atoms with Crippen molar-refractivity contribution in [3.63, 3.8) is 0 Å². The Morgan fingerprint density at radius 3 is 2.29 bits per heavy atom. The summed E-state index contributed by atoms with van der Waals surface area (Å²) >= 11 is 0. The zero-order valence-electron chi connectivity index (χ0n) is 14.4. The van der Waals surface area contributed by atoms with E-state index in [2.05, 4.69) is 39.8 Å². The fourth-order valence-electron chi connectivity index (χ4n) is 4.45. The number of hydrogen-bond donors (Lipinski definition) is 1. The average Bonchev–Trinajstić information content (AvgIpc) is 2.43. The molecule has 0 radical (unpaired) electrons. The molecule has 118 valence electrons. The Morgan fingerprint density at radius 1 is 1.05 bits per heavy atom. The van der Waals surface area contributed by atoms with Gasteiger partial charge in [0.15, 0.2) is 0 Å². The van der Waals surface area contributed by atoms with Crippen LogP contribution in [0.2, 0.25) is 0 Å². The van der Waals surface area contributed by atoms with E-state index >= 15 is 0 Å². The Bertz CT molecular complexity index is 440. The number of benzene rings is 1. The first-order chi connectivity index (χ1) is 10.0. The highest BCUT2D eigenvalue weighted by molar-refractivity contribution is 5.37. The van der Waals surface area contributed by atoms with E-state index in [0.717, 1.165) is 24.3 Å². The van der Waals surface area contributed by atoms with Crippen molar-refractivity contribution in [3.8, 4) is 0 Å². The summed E-state index contributed by atoms with van der Waals surface area (Å²) in [5.74, 6) is 2.47. The molecule has 0 aromatic heterocycles. The molecule has 1 aliphatic rings. The maximum atomic E-state index is 6.07. The van der Waals surface area contributed by atoms with E-state index < -0.39 is 0 Å². The van der Waals surface area contributed by atoms with Crippen molar-refractivity contribution in [2.75, 3.05) is 6.54 Å². The summed E-state index contributed by atoms with van der Waals surface area (Å²) in [5, 5.41) is 0. The SMILES string of the molecule is CCCC1CCC(CN)C(Cc2c(C)cc(C)cc2C)C1. The average molecular weight is 287 g/mol. The molecular weight excluding hydrogens is 254 g/mol. The second-order valence-corrected chi connectivity index (χ2v) is 7.31. The molecule has 0 aliphatic heterocycles. The van der Waals surface area contributed by atoms with Crippen molar-refractivity contribution in [3.05, 3.63) is 34.4 Å². The van der Waals surface area contributed by atoms with Crippen LogP contribution in [0.1, 0.15) is 61.3 Å². The minimum Gasteiger partial charge on any atom is -0.330 e. The lowest BCUT2D eigenvalue weighted by Gasteiger charge is -2.36. The Morgan fingerprint density at radius 2 is 1.71 bits per heavy atom. The van der Waals surface area contributed by atoms with Crippen LogP contribution in [-0.4, -0.2) is 6.54 Å². The summed E-state index contributed by atoms with van der Waals surface area (Å²) in [6.07, 6.45) is 8.10. The van der Waals surface area contributed by atoms with Crippen molar-refractivity contribution < 1.29 is 0 Å². The highest BCUT2D eigenvalue weighted by Crippen LogP contribution is 2.38. The van der Waals surface area contributed by atoms with Gasteiger partial charge in [-0.3, -0.25) is 0 Å². The zero-order chi connectivity index (χ0) is 15.4. The third-order valence-corrected chi connectivity index (χ3v) is 5.55. The highest BCUT2D eigenvalue weighted by Gasteiger charge is 2.29. The van der Waals surface area contributed by atoms with Gasteiger partial charge in [0.2, 0.25) is 0 Å². The standard InChI is InChI=1S/C20H33N/c1-5-6-17-7-8-18(13-21)19(11-17)12-20-15(3)9-14(2)10-16(20)4/h9-10,17-19H,5-8,11-13,21H2,1-4H3. The van der Waals surface area contributed by atoms with Crippen LogP contribution in [0.3, 0.4) is 0 Å². The third kappa shape index (κ3) is 4.10. The molecule has 1 aliphatic carbocycles. The van der Waals surface area contributed by atoms with Gasteiger partial charge in [-0.1, -0.05) is 43.9 Å². The van der Waals surface area contributed by atoms with Crippen LogP contribution >= 0.6 is 0 Å². The van der Waals surface area contributed by atoms with E-state index in [1.54, 1.807) is 5.56 Å². The molecule has 2 rings (SSSR count). The van der Waals surface area contributed by atoms with E-state index in [9.17, 15) is 0 Å². The van der Waals surface area contributed by atoms with Gasteiger partial charge >= 0.3 is 0 Å². The fraction of sp³-hybridized carbons (Fsp3) is 0.700. The normalized spacial score (nSPS) is 26.0. The molecule has 1 aromatic rings. The van der Waals surface area contributed by atoms with Gasteiger partial charge in [-0.05, 0) is 81.0 Å². The summed E-state index contributed by atoms with van der Waals surface area (Å²) < 4.78 is 0. The molecular formula is C20H33N. The fourth-order valence-corrected chi connectivity index (χ4v) is 4.45. The monoisotopic (exact) mass is 287 g/mol. The summed E-state index contributed by atoms with van der Waals surface area (Å²) in [7, 11) is 0. The molecule has 0 spiro atoms. The van der Waals surface area contributed by atoms with Crippen molar-refractivity contribution in [2.24, 2.45) is 23.5 Å². The molecule has 2 N–H and O–H groups in total. The minimum atomic E-state index is 0.734. The van der Waals surface area contributed by atoms with Gasteiger partial charge in [0.1, 0.15) is 0 Å². The van der Waals surface area contributed by atoms with E-state index in [-0.39, 0.29) is 0 Å². The van der Waals surface area contributed by atoms with Crippen LogP contribution in [0.4, 0.5) is 0 Å². The zero-order valence-corrected chi connectivity index (χ0v) is 14.4. The first kappa shape index (κ1) is 16.5. The molecule has 1 aromatic carbocycles. The van der Waals surface area contributed by atoms with Crippen LogP contribution in [-0.2, 0) is 6.42 Å². The molecule has 1 heteroatoms. The second kappa shape index (κ2) is 7.45. The molecule has 3 atom stereocenters. The summed E-state index contributed by atoms with van der Waals surface area (Å²) in [5.41, 5.74) is 12.0. The lowest BCUT2D eigenvalue weighted by atomic mass is 9.70. The lowest BCUT2D eigenvalue weighted by molar-refractivity contribution is 0.175. The van der Waals surface area contributed by atoms with Gasteiger partial charge in [-0.2, -0.15) is 0 Å². The molecule has 1 fully saturated rings. The third-order valence-electron chi connectivity index (χ3n) is 5.55. The van der Waals surface area contributed by atoms with Crippen LogP contribution in [0.15, 0.2) is 12.1 Å². The summed E-state index contributed by atoms with van der Waals surface area (Å²) in [6.45, 7) is 9.94. The molecule has 21 heavy (non-hydrogen) atoms. The maximum Gasteiger partial charge on any atom is -0.00461 e. The molecule has 0 bridgehead atoms. The van der Waals surface area contributed by atoms with Crippen molar-refractivity contribution in [1.82, 2.24) is 0 Å². The van der Waals surface area contributed by atoms with Crippen molar-refractivity contribution >= 4 is 0 Å². The molecule has 1 nitrogen and oxygen atoms in total. The van der Waals surface area contributed by atoms with Gasteiger partial charge in [0.05, 0.1) is 0 Å². The first-order valence-corrected chi connectivity index (χ1v) is 8.81. The molecule has 0 amide bonds. The number of nitrogens with two attached hydrogens (primary N) is 1. The summed E-state index contributed by atoms with van der Waals surface area (Å²) in [6, 6.07) is 4.68. The first-order valence-electron chi connectivity index (χ1n) is 8.81. The largest absolute Gasteiger partial charge is 0.330 e. The number of hydrogen-bond acceptors (Lipinski definition) is 1. The number of rotatable bonds is 5. The smallest absolute Gasteiger partial charge is 0.00461 e. The number of aryl methyl sites for hydroxylation is 3. The Balaban J connectivity index is 2.15.